The van der Waals surface area contributed by atoms with Crippen LogP contribution in [0.15, 0.2) is 23.2 Å². The van der Waals surface area contributed by atoms with Crippen LogP contribution in [0.5, 0.6) is 0 Å². The van der Waals surface area contributed by atoms with Crippen LogP contribution in [-0.4, -0.2) is 22.4 Å². The van der Waals surface area contributed by atoms with E-state index in [2.05, 4.69) is 4.98 Å². The molecule has 0 aromatic carbocycles. The van der Waals surface area contributed by atoms with Gasteiger partial charge in [-0.05, 0) is 37.8 Å². The van der Waals surface area contributed by atoms with E-state index in [0.717, 1.165) is 5.75 Å². The topological polar surface area (TPSA) is 48.1 Å². The van der Waals surface area contributed by atoms with E-state index in [9.17, 15) is 0 Å². The fourth-order valence-corrected chi connectivity index (χ4v) is 4.15. The van der Waals surface area contributed by atoms with E-state index < -0.39 is 0 Å². The summed E-state index contributed by atoms with van der Waals surface area (Å²) in [4.78, 5) is 5.31. The Morgan fingerprint density at radius 1 is 1.26 bits per heavy atom. The van der Waals surface area contributed by atoms with Crippen LogP contribution in [0.25, 0.3) is 0 Å². The zero-order chi connectivity index (χ0) is 13.1. The lowest BCUT2D eigenvalue weighted by atomic mass is 9.83. The van der Waals surface area contributed by atoms with Gasteiger partial charge in [0.25, 0.3) is 0 Å². The molecule has 1 saturated heterocycles. The van der Waals surface area contributed by atoms with Crippen molar-refractivity contribution in [2.24, 2.45) is 0 Å². The first-order chi connectivity index (χ1) is 9.26. The van der Waals surface area contributed by atoms with Crippen LogP contribution in [0.1, 0.15) is 44.9 Å². The van der Waals surface area contributed by atoms with Crippen molar-refractivity contribution < 1.29 is 4.74 Å². The molecule has 1 aliphatic carbocycles. The summed E-state index contributed by atoms with van der Waals surface area (Å²) in [5.74, 6) is 1.62. The van der Waals surface area contributed by atoms with Gasteiger partial charge in [0, 0.05) is 16.8 Å². The van der Waals surface area contributed by atoms with Crippen molar-refractivity contribution in [2.75, 3.05) is 11.5 Å². The van der Waals surface area contributed by atoms with Gasteiger partial charge in [-0.15, -0.1) is 11.8 Å². The summed E-state index contributed by atoms with van der Waals surface area (Å²) in [6, 6.07) is 3.90. The van der Waals surface area contributed by atoms with Crippen molar-refractivity contribution in [1.29, 1.82) is 0 Å². The Kier molecular flexibility index (Phi) is 3.99. The number of ether oxygens (including phenoxy) is 1. The first-order valence-electron chi connectivity index (χ1n) is 7.28. The number of pyridine rings is 1. The van der Waals surface area contributed by atoms with Crippen LogP contribution in [0.2, 0.25) is 0 Å². The molecule has 0 amide bonds. The molecule has 0 bridgehead atoms. The van der Waals surface area contributed by atoms with Crippen molar-refractivity contribution in [2.45, 2.75) is 61.5 Å². The maximum atomic E-state index is 6.37. The number of thioether (sulfide) groups is 1. The van der Waals surface area contributed by atoms with Crippen LogP contribution in [-0.2, 0) is 4.74 Å². The molecule has 1 saturated carbocycles. The summed E-state index contributed by atoms with van der Waals surface area (Å²) < 4.78 is 6.37. The summed E-state index contributed by atoms with van der Waals surface area (Å²) in [5.41, 5.74) is 5.83. The minimum Gasteiger partial charge on any atom is -0.384 e. The van der Waals surface area contributed by atoms with Crippen molar-refractivity contribution in [3.8, 4) is 0 Å². The number of nitrogen functional groups attached to an aromatic ring is 1. The lowest BCUT2D eigenvalue weighted by Crippen LogP contribution is -2.32. The summed E-state index contributed by atoms with van der Waals surface area (Å²) in [5, 5.41) is 0. The molecule has 0 radical (unpaired) electrons. The number of nitrogens with zero attached hydrogens (tertiary/aromatic N) is 1. The van der Waals surface area contributed by atoms with Crippen LogP contribution in [0.3, 0.4) is 0 Å². The van der Waals surface area contributed by atoms with Gasteiger partial charge in [0.2, 0.25) is 0 Å². The van der Waals surface area contributed by atoms with E-state index in [-0.39, 0.29) is 5.60 Å². The Hall–Kier alpha value is -0.740. The Morgan fingerprint density at radius 2 is 2.11 bits per heavy atom. The Labute approximate surface area is 119 Å². The molecule has 2 aliphatic rings. The molecule has 4 heteroatoms. The fraction of sp³-hybridized carbons (Fsp3) is 0.667. The van der Waals surface area contributed by atoms with E-state index in [1.807, 2.05) is 30.1 Å². The smallest absolute Gasteiger partial charge is 0.123 e. The number of aromatic nitrogens is 1. The maximum absolute atomic E-state index is 6.37. The fourth-order valence-electron chi connectivity index (χ4n) is 3.24. The van der Waals surface area contributed by atoms with Crippen LogP contribution in [0, 0.1) is 0 Å². The molecule has 104 valence electrons. The van der Waals surface area contributed by atoms with E-state index in [0.29, 0.717) is 11.9 Å². The number of hydrogen-bond acceptors (Lipinski definition) is 4. The highest BCUT2D eigenvalue weighted by Crippen LogP contribution is 2.42. The molecule has 1 aromatic rings. The first kappa shape index (κ1) is 13.3. The molecule has 1 spiro atoms. The Morgan fingerprint density at radius 3 is 2.84 bits per heavy atom. The molecule has 2 N–H and O–H groups in total. The van der Waals surface area contributed by atoms with E-state index in [1.165, 1.54) is 49.8 Å². The average Bonchev–Trinajstić information content (AvgIpc) is 2.82. The predicted molar refractivity (Wildman–Crippen MR) is 79.3 cm³/mol. The van der Waals surface area contributed by atoms with E-state index in [4.69, 9.17) is 10.5 Å². The number of anilines is 1. The Balaban J connectivity index is 1.50. The Bertz CT molecular complexity index is 415. The van der Waals surface area contributed by atoms with E-state index in [1.54, 1.807) is 0 Å². The third-order valence-corrected chi connectivity index (χ3v) is 5.41. The van der Waals surface area contributed by atoms with Gasteiger partial charge in [0.1, 0.15) is 5.82 Å². The van der Waals surface area contributed by atoms with Gasteiger partial charge < -0.3 is 10.5 Å². The quantitative estimate of drug-likeness (QED) is 0.858. The maximum Gasteiger partial charge on any atom is 0.123 e. The summed E-state index contributed by atoms with van der Waals surface area (Å²) in [6.45, 7) is 0. The third-order valence-electron chi connectivity index (χ3n) is 4.30. The standard InChI is InChI=1S/C15H22N2OS/c16-14-5-4-13(10-17-14)19-11-12-6-9-15(18-12)7-2-1-3-8-15/h4-5,10,12H,1-3,6-9,11H2,(H2,16,17). The third kappa shape index (κ3) is 3.23. The van der Waals surface area contributed by atoms with Crippen LogP contribution < -0.4 is 5.73 Å². The lowest BCUT2D eigenvalue weighted by molar-refractivity contribution is -0.0555. The van der Waals surface area contributed by atoms with E-state index >= 15 is 0 Å². The molecular formula is C15H22N2OS. The molecule has 1 unspecified atom stereocenters. The van der Waals surface area contributed by atoms with Gasteiger partial charge in [-0.1, -0.05) is 19.3 Å². The second kappa shape index (κ2) is 5.71. The van der Waals surface area contributed by atoms with Gasteiger partial charge in [-0.2, -0.15) is 0 Å². The summed E-state index contributed by atoms with van der Waals surface area (Å²) >= 11 is 1.83. The summed E-state index contributed by atoms with van der Waals surface area (Å²) in [6.07, 6.45) is 11.4. The van der Waals surface area contributed by atoms with Crippen molar-refractivity contribution in [3.05, 3.63) is 18.3 Å². The molecule has 1 aliphatic heterocycles. The first-order valence-corrected chi connectivity index (χ1v) is 8.27. The molecule has 19 heavy (non-hydrogen) atoms. The summed E-state index contributed by atoms with van der Waals surface area (Å²) in [7, 11) is 0. The molecule has 3 nitrogen and oxygen atoms in total. The SMILES string of the molecule is Nc1ccc(SCC2CCC3(CCCCC3)O2)cn1. The minimum absolute atomic E-state index is 0.239. The monoisotopic (exact) mass is 278 g/mol. The zero-order valence-corrected chi connectivity index (χ0v) is 12.1. The molecule has 2 fully saturated rings. The normalized spacial score (nSPS) is 25.8. The molecule has 3 rings (SSSR count). The van der Waals surface area contributed by atoms with Crippen LogP contribution in [0.4, 0.5) is 5.82 Å². The number of hydrogen-bond donors (Lipinski definition) is 1. The number of nitrogens with two attached hydrogens (primary N) is 1. The largest absolute Gasteiger partial charge is 0.384 e. The van der Waals surface area contributed by atoms with Gasteiger partial charge in [-0.25, -0.2) is 4.98 Å². The van der Waals surface area contributed by atoms with Crippen molar-refractivity contribution in [3.63, 3.8) is 0 Å². The molecule has 2 heterocycles. The minimum atomic E-state index is 0.239. The average molecular weight is 278 g/mol. The van der Waals surface area contributed by atoms with Crippen molar-refractivity contribution >= 4 is 17.6 Å². The number of rotatable bonds is 3. The highest BCUT2D eigenvalue weighted by atomic mass is 32.2. The van der Waals surface area contributed by atoms with Crippen LogP contribution >= 0.6 is 11.8 Å². The molecular weight excluding hydrogens is 256 g/mol. The second-order valence-corrected chi connectivity index (χ2v) is 6.85. The van der Waals surface area contributed by atoms with Gasteiger partial charge in [0.15, 0.2) is 0 Å². The van der Waals surface area contributed by atoms with Gasteiger partial charge >= 0.3 is 0 Å². The van der Waals surface area contributed by atoms with Gasteiger partial charge in [-0.3, -0.25) is 0 Å². The highest BCUT2D eigenvalue weighted by Gasteiger charge is 2.40. The van der Waals surface area contributed by atoms with Gasteiger partial charge in [0.05, 0.1) is 11.7 Å². The molecule has 1 atom stereocenters. The van der Waals surface area contributed by atoms with Crippen molar-refractivity contribution in [1.82, 2.24) is 4.98 Å². The predicted octanol–water partition coefficient (Wildman–Crippen LogP) is 3.64. The highest BCUT2D eigenvalue weighted by molar-refractivity contribution is 7.99. The lowest BCUT2D eigenvalue weighted by Gasteiger charge is -2.33. The zero-order valence-electron chi connectivity index (χ0n) is 11.3. The molecule has 1 aromatic heterocycles. The second-order valence-electron chi connectivity index (χ2n) is 5.75.